The molecule has 0 aliphatic rings. The zero-order valence-corrected chi connectivity index (χ0v) is 12.7. The lowest BCUT2D eigenvalue weighted by molar-refractivity contribution is 0.199. The number of rotatable bonds is 6. The molecule has 0 spiro atoms. The van der Waals surface area contributed by atoms with Crippen molar-refractivity contribution in [1.82, 2.24) is 15.1 Å². The summed E-state index contributed by atoms with van der Waals surface area (Å²) in [5.41, 5.74) is 6.00. The highest BCUT2D eigenvalue weighted by atomic mass is 16.5. The molecule has 0 radical (unpaired) electrons. The summed E-state index contributed by atoms with van der Waals surface area (Å²) >= 11 is 0. The fourth-order valence-corrected chi connectivity index (χ4v) is 2.42. The fourth-order valence-electron chi connectivity index (χ4n) is 2.42. The maximum absolute atomic E-state index is 5.05. The molecule has 1 aromatic heterocycles. The van der Waals surface area contributed by atoms with Crippen LogP contribution in [0.5, 0.6) is 0 Å². The van der Waals surface area contributed by atoms with Gasteiger partial charge in [-0.2, -0.15) is 5.10 Å². The van der Waals surface area contributed by atoms with Crippen LogP contribution in [0, 0.1) is 13.8 Å². The van der Waals surface area contributed by atoms with E-state index in [2.05, 4.69) is 48.7 Å². The molecule has 0 unspecified atom stereocenters. The number of hydrogen-bond acceptors (Lipinski definition) is 3. The van der Waals surface area contributed by atoms with Crippen molar-refractivity contribution < 1.29 is 4.74 Å². The number of aryl methyl sites for hydroxylation is 3. The quantitative estimate of drug-likeness (QED) is 0.822. The Morgan fingerprint density at radius 1 is 1.20 bits per heavy atom. The second-order valence-electron chi connectivity index (χ2n) is 5.22. The van der Waals surface area contributed by atoms with Crippen LogP contribution in [0.4, 0.5) is 0 Å². The van der Waals surface area contributed by atoms with Gasteiger partial charge in [-0.1, -0.05) is 17.2 Å². The molecule has 1 N–H and O–H groups in total. The summed E-state index contributed by atoms with van der Waals surface area (Å²) in [5.74, 6) is 0. The molecule has 108 valence electrons. The minimum atomic E-state index is 0.721. The highest BCUT2D eigenvalue weighted by Gasteiger charge is 2.10. The predicted molar refractivity (Wildman–Crippen MR) is 81.7 cm³/mol. The Hall–Kier alpha value is -1.65. The molecule has 2 aromatic rings. The monoisotopic (exact) mass is 273 g/mol. The maximum Gasteiger partial charge on any atom is 0.0968 e. The van der Waals surface area contributed by atoms with Crippen LogP contribution in [0.1, 0.15) is 16.7 Å². The summed E-state index contributed by atoms with van der Waals surface area (Å²) in [6.07, 6.45) is 2.08. The number of benzene rings is 1. The fraction of sp³-hybridized carbons (Fsp3) is 0.438. The normalized spacial score (nSPS) is 11.0. The van der Waals surface area contributed by atoms with Crippen molar-refractivity contribution in [1.29, 1.82) is 0 Å². The molecule has 0 atom stereocenters. The summed E-state index contributed by atoms with van der Waals surface area (Å²) in [6, 6.07) is 6.56. The Kier molecular flexibility index (Phi) is 4.93. The Balaban J connectivity index is 2.22. The molecular formula is C16H23N3O. The van der Waals surface area contributed by atoms with Crippen molar-refractivity contribution in [2.45, 2.75) is 20.4 Å². The van der Waals surface area contributed by atoms with Crippen LogP contribution >= 0.6 is 0 Å². The highest BCUT2D eigenvalue weighted by molar-refractivity contribution is 5.64. The number of nitrogens with one attached hydrogen (secondary N) is 1. The van der Waals surface area contributed by atoms with Crippen LogP contribution in [-0.2, 0) is 18.3 Å². The second-order valence-corrected chi connectivity index (χ2v) is 5.22. The molecular weight excluding hydrogens is 250 g/mol. The Labute approximate surface area is 120 Å². The van der Waals surface area contributed by atoms with E-state index < -0.39 is 0 Å². The Morgan fingerprint density at radius 3 is 2.55 bits per heavy atom. The van der Waals surface area contributed by atoms with Crippen molar-refractivity contribution in [2.75, 3.05) is 20.3 Å². The average Bonchev–Trinajstić information content (AvgIpc) is 2.75. The van der Waals surface area contributed by atoms with Gasteiger partial charge in [0.15, 0.2) is 0 Å². The van der Waals surface area contributed by atoms with Gasteiger partial charge in [-0.05, 0) is 26.0 Å². The molecule has 0 amide bonds. The summed E-state index contributed by atoms with van der Waals surface area (Å²) in [7, 11) is 3.68. The number of nitrogens with zero attached hydrogens (tertiary/aromatic N) is 2. The molecule has 1 heterocycles. The van der Waals surface area contributed by atoms with Gasteiger partial charge < -0.3 is 10.1 Å². The minimum Gasteiger partial charge on any atom is -0.383 e. The van der Waals surface area contributed by atoms with Crippen LogP contribution in [0.2, 0.25) is 0 Å². The van der Waals surface area contributed by atoms with Crippen molar-refractivity contribution in [3.63, 3.8) is 0 Å². The van der Waals surface area contributed by atoms with Gasteiger partial charge in [0, 0.05) is 44.6 Å². The smallest absolute Gasteiger partial charge is 0.0968 e. The molecule has 0 aliphatic heterocycles. The zero-order valence-electron chi connectivity index (χ0n) is 12.7. The first-order valence-electron chi connectivity index (χ1n) is 6.91. The SMILES string of the molecule is COCCNCc1cn(C)nc1-c1cc(C)cc(C)c1. The van der Waals surface area contributed by atoms with Crippen LogP contribution in [0.3, 0.4) is 0 Å². The first-order chi connectivity index (χ1) is 9.60. The number of methoxy groups -OCH3 is 1. The Morgan fingerprint density at radius 2 is 1.90 bits per heavy atom. The van der Waals surface area contributed by atoms with Gasteiger partial charge in [0.25, 0.3) is 0 Å². The topological polar surface area (TPSA) is 39.1 Å². The van der Waals surface area contributed by atoms with Crippen molar-refractivity contribution in [3.05, 3.63) is 41.1 Å². The van der Waals surface area contributed by atoms with Crippen molar-refractivity contribution >= 4 is 0 Å². The molecule has 2 rings (SSSR count). The first-order valence-corrected chi connectivity index (χ1v) is 6.91. The number of ether oxygens (including phenoxy) is 1. The second kappa shape index (κ2) is 6.68. The maximum atomic E-state index is 5.05. The molecule has 0 saturated carbocycles. The average molecular weight is 273 g/mol. The van der Waals surface area contributed by atoms with Gasteiger partial charge in [-0.15, -0.1) is 0 Å². The van der Waals surface area contributed by atoms with Gasteiger partial charge in [-0.3, -0.25) is 4.68 Å². The predicted octanol–water partition coefficient (Wildman–Crippen LogP) is 2.44. The lowest BCUT2D eigenvalue weighted by atomic mass is 10.0. The van der Waals surface area contributed by atoms with Gasteiger partial charge in [0.05, 0.1) is 12.3 Å². The van der Waals surface area contributed by atoms with Crippen molar-refractivity contribution in [2.24, 2.45) is 7.05 Å². The van der Waals surface area contributed by atoms with E-state index in [9.17, 15) is 0 Å². The molecule has 20 heavy (non-hydrogen) atoms. The summed E-state index contributed by atoms with van der Waals surface area (Å²) in [6.45, 7) is 6.61. The minimum absolute atomic E-state index is 0.721. The summed E-state index contributed by atoms with van der Waals surface area (Å²) in [4.78, 5) is 0. The van der Waals surface area contributed by atoms with E-state index in [0.29, 0.717) is 0 Å². The van der Waals surface area contributed by atoms with Crippen LogP contribution < -0.4 is 5.32 Å². The highest BCUT2D eigenvalue weighted by Crippen LogP contribution is 2.24. The number of hydrogen-bond donors (Lipinski definition) is 1. The zero-order chi connectivity index (χ0) is 14.5. The molecule has 0 fully saturated rings. The third-order valence-electron chi connectivity index (χ3n) is 3.20. The Bertz CT molecular complexity index is 555. The lowest BCUT2D eigenvalue weighted by Gasteiger charge is -2.06. The molecule has 0 bridgehead atoms. The van der Waals surface area contributed by atoms with E-state index in [-0.39, 0.29) is 0 Å². The van der Waals surface area contributed by atoms with E-state index >= 15 is 0 Å². The summed E-state index contributed by atoms with van der Waals surface area (Å²) in [5, 5.41) is 7.98. The van der Waals surface area contributed by atoms with E-state index in [4.69, 9.17) is 4.74 Å². The lowest BCUT2D eigenvalue weighted by Crippen LogP contribution is -2.18. The van der Waals surface area contributed by atoms with Gasteiger partial charge in [0.2, 0.25) is 0 Å². The van der Waals surface area contributed by atoms with Gasteiger partial charge >= 0.3 is 0 Å². The van der Waals surface area contributed by atoms with Gasteiger partial charge in [0.1, 0.15) is 0 Å². The van der Waals surface area contributed by atoms with E-state index in [1.165, 1.54) is 22.3 Å². The molecule has 0 aliphatic carbocycles. The molecule has 0 saturated heterocycles. The third-order valence-corrected chi connectivity index (χ3v) is 3.20. The van der Waals surface area contributed by atoms with E-state index in [0.717, 1.165) is 25.4 Å². The van der Waals surface area contributed by atoms with E-state index in [1.807, 2.05) is 11.7 Å². The standard InChI is InChI=1S/C16H23N3O/c1-12-7-13(2)9-14(8-12)16-15(11-19(3)18-16)10-17-5-6-20-4/h7-9,11,17H,5-6,10H2,1-4H3. The van der Waals surface area contributed by atoms with Crippen LogP contribution in [-0.4, -0.2) is 30.0 Å². The van der Waals surface area contributed by atoms with Crippen molar-refractivity contribution in [3.8, 4) is 11.3 Å². The molecule has 4 heteroatoms. The third kappa shape index (κ3) is 3.68. The molecule has 4 nitrogen and oxygen atoms in total. The van der Waals surface area contributed by atoms with Crippen LogP contribution in [0.15, 0.2) is 24.4 Å². The first kappa shape index (κ1) is 14.8. The van der Waals surface area contributed by atoms with Gasteiger partial charge in [-0.25, -0.2) is 0 Å². The summed E-state index contributed by atoms with van der Waals surface area (Å²) < 4.78 is 6.92. The number of aromatic nitrogens is 2. The molecule has 1 aromatic carbocycles. The van der Waals surface area contributed by atoms with Crippen LogP contribution in [0.25, 0.3) is 11.3 Å². The van der Waals surface area contributed by atoms with E-state index in [1.54, 1.807) is 7.11 Å². The largest absolute Gasteiger partial charge is 0.383 e.